The van der Waals surface area contributed by atoms with Gasteiger partial charge in [0.05, 0.1) is 11.2 Å². The summed E-state index contributed by atoms with van der Waals surface area (Å²) in [4.78, 5) is 0. The van der Waals surface area contributed by atoms with Gasteiger partial charge in [-0.3, -0.25) is 0 Å². The Labute approximate surface area is 134 Å². The highest BCUT2D eigenvalue weighted by molar-refractivity contribution is 6.30. The third kappa shape index (κ3) is 2.60. The maximum atomic E-state index is 8.54. The molecule has 1 aliphatic carbocycles. The van der Waals surface area contributed by atoms with Crippen LogP contribution in [0.1, 0.15) is 19.3 Å². The summed E-state index contributed by atoms with van der Waals surface area (Å²) in [7, 11) is 0. The van der Waals surface area contributed by atoms with E-state index in [0.717, 1.165) is 19.3 Å². The zero-order chi connectivity index (χ0) is 15.7. The number of nitrogens with zero attached hydrogens (tertiary/aromatic N) is 1. The fraction of sp³-hybridized carbons (Fsp3) is 0.250. The molecule has 5 nitrogen and oxygen atoms in total. The van der Waals surface area contributed by atoms with Crippen molar-refractivity contribution in [2.75, 3.05) is 11.5 Å². The quantitative estimate of drug-likeness (QED) is 0.352. The molecule has 1 aromatic heterocycles. The molecular formula is C16H18ClN4O+. The van der Waals surface area contributed by atoms with Gasteiger partial charge in [0.2, 0.25) is 5.82 Å². The summed E-state index contributed by atoms with van der Waals surface area (Å²) in [5, 5.41) is 9.07. The van der Waals surface area contributed by atoms with Crippen molar-refractivity contribution in [1.82, 2.24) is 0 Å². The highest BCUT2D eigenvalue weighted by Gasteiger charge is 2.48. The zero-order valence-corrected chi connectivity index (χ0v) is 12.8. The molecule has 1 aromatic carbocycles. The van der Waals surface area contributed by atoms with Gasteiger partial charge in [-0.15, -0.1) is 0 Å². The van der Waals surface area contributed by atoms with Gasteiger partial charge in [-0.05, 0) is 49.6 Å². The molecule has 0 spiro atoms. The molecular weight excluding hydrogens is 300 g/mol. The Balaban J connectivity index is 1.90. The summed E-state index contributed by atoms with van der Waals surface area (Å²) in [6.45, 7) is 0. The number of pyridine rings is 1. The number of benzene rings is 1. The summed E-state index contributed by atoms with van der Waals surface area (Å²) < 4.78 is 7.69. The van der Waals surface area contributed by atoms with Crippen LogP contribution in [0.3, 0.4) is 0 Å². The SMILES string of the molecule is N=C([n+]1cc(Cl)ccc1N)C1(Oc2ccc(N)cc2)CCC1. The number of anilines is 2. The van der Waals surface area contributed by atoms with Gasteiger partial charge in [0.25, 0.3) is 5.84 Å². The topological polar surface area (TPSA) is 89.0 Å². The number of aromatic nitrogens is 1. The molecule has 0 amide bonds. The number of rotatable bonds is 3. The number of nitrogens with two attached hydrogens (primary N) is 2. The lowest BCUT2D eigenvalue weighted by molar-refractivity contribution is -0.550. The maximum absolute atomic E-state index is 8.54. The number of nitrogen functional groups attached to an aromatic ring is 2. The molecule has 22 heavy (non-hydrogen) atoms. The minimum atomic E-state index is -0.667. The molecule has 0 aliphatic heterocycles. The van der Waals surface area contributed by atoms with E-state index in [1.165, 1.54) is 0 Å². The van der Waals surface area contributed by atoms with E-state index < -0.39 is 5.60 Å². The van der Waals surface area contributed by atoms with E-state index in [2.05, 4.69) is 0 Å². The Bertz CT molecular complexity index is 711. The molecule has 0 atom stereocenters. The summed E-state index contributed by atoms with van der Waals surface area (Å²) in [5.41, 5.74) is 11.7. The monoisotopic (exact) mass is 317 g/mol. The van der Waals surface area contributed by atoms with Gasteiger partial charge in [-0.25, -0.2) is 4.57 Å². The Hall–Kier alpha value is -2.27. The Morgan fingerprint density at radius 2 is 1.82 bits per heavy atom. The molecule has 114 valence electrons. The van der Waals surface area contributed by atoms with Crippen LogP contribution in [0.4, 0.5) is 11.5 Å². The van der Waals surface area contributed by atoms with E-state index in [-0.39, 0.29) is 0 Å². The fourth-order valence-corrected chi connectivity index (χ4v) is 2.71. The number of hydrogen-bond acceptors (Lipinski definition) is 4. The van der Waals surface area contributed by atoms with Crippen molar-refractivity contribution in [2.45, 2.75) is 24.9 Å². The van der Waals surface area contributed by atoms with Gasteiger partial charge in [0.1, 0.15) is 5.75 Å². The first-order valence-corrected chi connectivity index (χ1v) is 7.49. The van der Waals surface area contributed by atoms with Crippen molar-refractivity contribution in [1.29, 1.82) is 5.41 Å². The average Bonchev–Trinajstić information content (AvgIpc) is 2.47. The molecule has 5 N–H and O–H groups in total. The first-order chi connectivity index (χ1) is 10.5. The van der Waals surface area contributed by atoms with E-state index in [1.807, 2.05) is 12.1 Å². The van der Waals surface area contributed by atoms with Crippen LogP contribution < -0.4 is 20.8 Å². The molecule has 1 fully saturated rings. The van der Waals surface area contributed by atoms with Crippen LogP contribution in [0.5, 0.6) is 5.75 Å². The summed E-state index contributed by atoms with van der Waals surface area (Å²) >= 11 is 6.02. The van der Waals surface area contributed by atoms with Crippen LogP contribution >= 0.6 is 11.6 Å². The molecule has 0 bridgehead atoms. The van der Waals surface area contributed by atoms with Crippen LogP contribution in [-0.2, 0) is 0 Å². The van der Waals surface area contributed by atoms with E-state index in [0.29, 0.717) is 28.1 Å². The molecule has 0 saturated heterocycles. The number of nitrogens with one attached hydrogen (secondary N) is 1. The van der Waals surface area contributed by atoms with Crippen molar-refractivity contribution >= 4 is 28.9 Å². The van der Waals surface area contributed by atoms with Crippen LogP contribution in [-0.4, -0.2) is 11.4 Å². The largest absolute Gasteiger partial charge is 0.476 e. The Morgan fingerprint density at radius 3 is 2.41 bits per heavy atom. The molecule has 6 heteroatoms. The van der Waals surface area contributed by atoms with Crippen LogP contribution in [0, 0.1) is 5.41 Å². The third-order valence-corrected chi connectivity index (χ3v) is 4.19. The van der Waals surface area contributed by atoms with Gasteiger partial charge < -0.3 is 16.2 Å². The van der Waals surface area contributed by atoms with E-state index in [9.17, 15) is 0 Å². The van der Waals surface area contributed by atoms with Gasteiger partial charge in [-0.2, -0.15) is 5.41 Å². The summed E-state index contributed by atoms with van der Waals surface area (Å²) in [6.07, 6.45) is 4.20. The zero-order valence-electron chi connectivity index (χ0n) is 12.1. The lowest BCUT2D eigenvalue weighted by Crippen LogP contribution is -2.63. The molecule has 1 aliphatic rings. The second-order valence-electron chi connectivity index (χ2n) is 5.51. The van der Waals surface area contributed by atoms with Crippen molar-refractivity contribution in [2.24, 2.45) is 0 Å². The van der Waals surface area contributed by atoms with Crippen molar-refractivity contribution < 1.29 is 9.30 Å². The van der Waals surface area contributed by atoms with Crippen molar-refractivity contribution in [3.63, 3.8) is 0 Å². The van der Waals surface area contributed by atoms with Crippen molar-refractivity contribution in [3.8, 4) is 5.75 Å². The minimum absolute atomic E-state index is 0.301. The number of hydrogen-bond donors (Lipinski definition) is 3. The highest BCUT2D eigenvalue weighted by Crippen LogP contribution is 2.37. The fourth-order valence-electron chi connectivity index (χ4n) is 2.55. The lowest BCUT2D eigenvalue weighted by Gasteiger charge is -2.39. The highest BCUT2D eigenvalue weighted by atomic mass is 35.5. The van der Waals surface area contributed by atoms with E-state index >= 15 is 0 Å². The lowest BCUT2D eigenvalue weighted by atomic mass is 9.78. The maximum Gasteiger partial charge on any atom is 0.279 e. The van der Waals surface area contributed by atoms with Gasteiger partial charge in [0.15, 0.2) is 5.60 Å². The van der Waals surface area contributed by atoms with Gasteiger partial charge >= 0.3 is 0 Å². The van der Waals surface area contributed by atoms with Gasteiger partial charge in [0, 0.05) is 11.8 Å². The third-order valence-electron chi connectivity index (χ3n) is 3.97. The minimum Gasteiger partial charge on any atom is -0.476 e. The first kappa shape index (κ1) is 14.7. The predicted octanol–water partition coefficient (Wildman–Crippen LogP) is 2.62. The molecule has 3 rings (SSSR count). The predicted molar refractivity (Wildman–Crippen MR) is 87.2 cm³/mol. The molecule has 2 aromatic rings. The van der Waals surface area contributed by atoms with Gasteiger partial charge in [-0.1, -0.05) is 11.6 Å². The van der Waals surface area contributed by atoms with Crippen LogP contribution in [0.2, 0.25) is 5.02 Å². The molecule has 1 saturated carbocycles. The molecule has 0 radical (unpaired) electrons. The van der Waals surface area contributed by atoms with E-state index in [4.69, 9.17) is 33.2 Å². The Morgan fingerprint density at radius 1 is 1.14 bits per heavy atom. The number of halogens is 1. The second kappa shape index (κ2) is 5.50. The second-order valence-corrected chi connectivity index (χ2v) is 5.95. The summed E-state index contributed by atoms with van der Waals surface area (Å²) in [5.74, 6) is 1.46. The molecule has 1 heterocycles. The average molecular weight is 318 g/mol. The molecule has 0 unspecified atom stereocenters. The van der Waals surface area contributed by atoms with Crippen molar-refractivity contribution in [3.05, 3.63) is 47.6 Å². The summed E-state index contributed by atoms with van der Waals surface area (Å²) in [6, 6.07) is 10.6. The van der Waals surface area contributed by atoms with Crippen LogP contribution in [0.25, 0.3) is 0 Å². The standard InChI is InChI=1S/C16H17ClN4O/c17-11-2-7-14(19)21(10-11)15(20)16(8-1-9-16)22-13-5-3-12(18)4-6-13/h2-7,10,19-20H,1,8-9,18H2/p+1. The van der Waals surface area contributed by atoms with Crippen LogP contribution in [0.15, 0.2) is 42.6 Å². The first-order valence-electron chi connectivity index (χ1n) is 7.11. The van der Waals surface area contributed by atoms with E-state index in [1.54, 1.807) is 35.0 Å². The number of ether oxygens (including phenoxy) is 1. The normalized spacial score (nSPS) is 15.9. The smallest absolute Gasteiger partial charge is 0.279 e. The Kier molecular flexibility index (Phi) is 3.66.